The molecule has 0 bridgehead atoms. The smallest absolute Gasteiger partial charge is 0.362 e. The van der Waals surface area contributed by atoms with Crippen LogP contribution in [0.2, 0.25) is 0 Å². The van der Waals surface area contributed by atoms with Crippen LogP contribution < -0.4 is 5.43 Å². The molecule has 0 atom stereocenters. The van der Waals surface area contributed by atoms with Gasteiger partial charge >= 0.3 is 5.97 Å². The molecule has 0 amide bonds. The maximum atomic E-state index is 13.5. The molecule has 0 heterocycles. The quantitative estimate of drug-likeness (QED) is 0.281. The van der Waals surface area contributed by atoms with Gasteiger partial charge in [-0.25, -0.2) is 9.18 Å². The van der Waals surface area contributed by atoms with E-state index in [1.807, 2.05) is 22.6 Å². The van der Waals surface area contributed by atoms with Crippen LogP contribution in [0.5, 0.6) is 0 Å². The van der Waals surface area contributed by atoms with Crippen LogP contribution in [0.25, 0.3) is 0 Å². The molecule has 0 saturated heterocycles. The molecule has 0 fully saturated rings. The number of Topliss-reactive ketones (excluding diaryl/α,β-unsaturated/α-hetero) is 1. The van der Waals surface area contributed by atoms with Crippen molar-refractivity contribution in [3.05, 3.63) is 27.6 Å². The third-order valence-corrected chi connectivity index (χ3v) is 2.85. The van der Waals surface area contributed by atoms with E-state index in [1.165, 1.54) is 12.1 Å². The summed E-state index contributed by atoms with van der Waals surface area (Å²) in [6.07, 6.45) is 0.102. The average Bonchev–Trinajstić information content (AvgIpc) is 2.40. The number of carbonyl (C=O) groups is 2. The Hall–Kier alpha value is -1.51. The molecule has 102 valence electrons. The van der Waals surface area contributed by atoms with Crippen molar-refractivity contribution in [3.63, 3.8) is 0 Å². The minimum absolute atomic E-state index is 0.0747. The molecule has 0 radical (unpaired) electrons. The number of carbonyl (C=O) groups excluding carboxylic acids is 2. The number of hydrazone groups is 1. The highest BCUT2D eigenvalue weighted by atomic mass is 127. The zero-order chi connectivity index (χ0) is 14.4. The molecular weight excluding hydrogens is 366 g/mol. The van der Waals surface area contributed by atoms with Crippen LogP contribution >= 0.6 is 22.6 Å². The van der Waals surface area contributed by atoms with Gasteiger partial charge in [-0.1, -0.05) is 6.92 Å². The summed E-state index contributed by atoms with van der Waals surface area (Å²) in [7, 11) is 1.15. The van der Waals surface area contributed by atoms with E-state index in [0.29, 0.717) is 0 Å². The average molecular weight is 378 g/mol. The molecule has 1 aromatic carbocycles. The van der Waals surface area contributed by atoms with Gasteiger partial charge in [-0.05, 0) is 40.8 Å². The Bertz CT molecular complexity index is 514. The van der Waals surface area contributed by atoms with E-state index in [1.54, 1.807) is 13.0 Å². The van der Waals surface area contributed by atoms with Crippen molar-refractivity contribution in [2.24, 2.45) is 5.10 Å². The topological polar surface area (TPSA) is 67.8 Å². The maximum absolute atomic E-state index is 13.5. The second-order valence-corrected chi connectivity index (χ2v) is 4.71. The predicted octanol–water partition coefficient (Wildman–Crippen LogP) is 2.35. The number of rotatable bonds is 5. The first-order valence-corrected chi connectivity index (χ1v) is 6.47. The molecule has 1 N–H and O–H groups in total. The fourth-order valence-corrected chi connectivity index (χ4v) is 1.64. The highest BCUT2D eigenvalue weighted by molar-refractivity contribution is 14.1. The highest BCUT2D eigenvalue weighted by Crippen LogP contribution is 2.16. The monoisotopic (exact) mass is 378 g/mol. The van der Waals surface area contributed by atoms with Crippen molar-refractivity contribution in [1.82, 2.24) is 0 Å². The van der Waals surface area contributed by atoms with Crippen LogP contribution in [-0.4, -0.2) is 24.6 Å². The number of methoxy groups -OCH3 is 1. The molecule has 5 nitrogen and oxygen atoms in total. The summed E-state index contributed by atoms with van der Waals surface area (Å²) >= 11 is 1.97. The van der Waals surface area contributed by atoms with Crippen molar-refractivity contribution >= 4 is 45.7 Å². The van der Waals surface area contributed by atoms with Gasteiger partial charge in [0, 0.05) is 9.99 Å². The van der Waals surface area contributed by atoms with E-state index in [0.717, 1.165) is 10.7 Å². The van der Waals surface area contributed by atoms with Crippen molar-refractivity contribution in [1.29, 1.82) is 0 Å². The first kappa shape index (κ1) is 15.5. The van der Waals surface area contributed by atoms with Crippen LogP contribution in [0.1, 0.15) is 13.3 Å². The first-order chi connectivity index (χ1) is 8.99. The molecule has 1 rings (SSSR count). The molecule has 7 heteroatoms. The van der Waals surface area contributed by atoms with Crippen molar-refractivity contribution in [2.45, 2.75) is 13.3 Å². The third kappa shape index (κ3) is 4.27. The van der Waals surface area contributed by atoms with Gasteiger partial charge in [-0.15, -0.1) is 0 Å². The third-order valence-electron chi connectivity index (χ3n) is 2.18. The number of anilines is 1. The van der Waals surface area contributed by atoms with Crippen LogP contribution in [0.3, 0.4) is 0 Å². The molecule has 0 aliphatic carbocycles. The Balaban J connectivity index is 2.98. The Morgan fingerprint density at radius 1 is 1.47 bits per heavy atom. The first-order valence-electron chi connectivity index (χ1n) is 5.39. The number of benzene rings is 1. The van der Waals surface area contributed by atoms with E-state index in [-0.39, 0.29) is 17.8 Å². The fourth-order valence-electron chi connectivity index (χ4n) is 1.18. The summed E-state index contributed by atoms with van der Waals surface area (Å²) in [5.74, 6) is -1.86. The summed E-state index contributed by atoms with van der Waals surface area (Å²) in [5, 5.41) is 3.63. The molecule has 19 heavy (non-hydrogen) atoms. The van der Waals surface area contributed by atoms with Crippen LogP contribution in [0, 0.1) is 9.39 Å². The SMILES string of the molecule is CCC(=O)/C(=N\Nc1ccc(I)cc1F)C(=O)OC. The van der Waals surface area contributed by atoms with E-state index in [2.05, 4.69) is 15.3 Å². The summed E-state index contributed by atoms with van der Waals surface area (Å²) in [5.41, 5.74) is 2.05. The van der Waals surface area contributed by atoms with Gasteiger partial charge in [0.2, 0.25) is 5.71 Å². The molecule has 0 saturated carbocycles. The summed E-state index contributed by atoms with van der Waals surface area (Å²) < 4.78 is 18.7. The summed E-state index contributed by atoms with van der Waals surface area (Å²) in [4.78, 5) is 22.9. The lowest BCUT2D eigenvalue weighted by Gasteiger charge is -2.05. The van der Waals surface area contributed by atoms with Gasteiger partial charge in [0.1, 0.15) is 5.82 Å². The molecule has 1 aromatic rings. The number of esters is 1. The second-order valence-electron chi connectivity index (χ2n) is 3.46. The largest absolute Gasteiger partial charge is 0.464 e. The second kappa shape index (κ2) is 7.17. The minimum Gasteiger partial charge on any atom is -0.464 e. The van der Waals surface area contributed by atoms with E-state index >= 15 is 0 Å². The number of ether oxygens (including phenoxy) is 1. The van der Waals surface area contributed by atoms with Crippen LogP contribution in [0.4, 0.5) is 10.1 Å². The van der Waals surface area contributed by atoms with E-state index < -0.39 is 17.6 Å². The molecule has 0 unspecified atom stereocenters. The lowest BCUT2D eigenvalue weighted by molar-refractivity contribution is -0.133. The van der Waals surface area contributed by atoms with Crippen LogP contribution in [0.15, 0.2) is 23.3 Å². The normalized spacial score (nSPS) is 11.1. The van der Waals surface area contributed by atoms with Gasteiger partial charge in [-0.2, -0.15) is 5.10 Å². The Labute approximate surface area is 123 Å². The fraction of sp³-hybridized carbons (Fsp3) is 0.250. The Morgan fingerprint density at radius 2 is 2.16 bits per heavy atom. The van der Waals surface area contributed by atoms with Gasteiger partial charge in [0.15, 0.2) is 5.78 Å². The molecular formula is C12H12FIN2O3. The number of nitrogens with one attached hydrogen (secondary N) is 1. The Kier molecular flexibility index (Phi) is 5.87. The Morgan fingerprint density at radius 3 is 2.68 bits per heavy atom. The number of halogens is 2. The van der Waals surface area contributed by atoms with Gasteiger partial charge in [0.05, 0.1) is 12.8 Å². The van der Waals surface area contributed by atoms with E-state index in [4.69, 9.17) is 0 Å². The lowest BCUT2D eigenvalue weighted by Crippen LogP contribution is -2.26. The zero-order valence-electron chi connectivity index (χ0n) is 10.4. The maximum Gasteiger partial charge on any atom is 0.362 e. The molecule has 0 aromatic heterocycles. The van der Waals surface area contributed by atoms with Crippen molar-refractivity contribution in [2.75, 3.05) is 12.5 Å². The van der Waals surface area contributed by atoms with Gasteiger partial charge in [-0.3, -0.25) is 10.2 Å². The predicted molar refractivity (Wildman–Crippen MR) is 77.5 cm³/mol. The highest BCUT2D eigenvalue weighted by Gasteiger charge is 2.19. The minimum atomic E-state index is -0.856. The standard InChI is InChI=1S/C12H12FIN2O3/c1-3-10(17)11(12(18)19-2)16-15-9-5-4-7(14)6-8(9)13/h4-6,15H,3H2,1-2H3/b16-11+. The summed E-state index contributed by atoms with van der Waals surface area (Å²) in [6.45, 7) is 1.59. The summed E-state index contributed by atoms with van der Waals surface area (Å²) in [6, 6.07) is 4.44. The number of hydrogen-bond donors (Lipinski definition) is 1. The van der Waals surface area contributed by atoms with Gasteiger partial charge in [0.25, 0.3) is 0 Å². The zero-order valence-corrected chi connectivity index (χ0v) is 12.5. The van der Waals surface area contributed by atoms with Crippen molar-refractivity contribution in [3.8, 4) is 0 Å². The van der Waals surface area contributed by atoms with Gasteiger partial charge < -0.3 is 4.74 Å². The molecule has 0 spiro atoms. The molecule has 0 aliphatic heterocycles. The number of ketones is 1. The molecule has 0 aliphatic rings. The number of nitrogens with zero attached hydrogens (tertiary/aromatic N) is 1. The number of hydrogen-bond acceptors (Lipinski definition) is 5. The van der Waals surface area contributed by atoms with Crippen molar-refractivity contribution < 1.29 is 18.7 Å². The van der Waals surface area contributed by atoms with Crippen LogP contribution in [-0.2, 0) is 14.3 Å². The van der Waals surface area contributed by atoms with E-state index in [9.17, 15) is 14.0 Å². The lowest BCUT2D eigenvalue weighted by atomic mass is 10.2.